The summed E-state index contributed by atoms with van der Waals surface area (Å²) in [5, 5.41) is 8.39. The lowest BCUT2D eigenvalue weighted by Gasteiger charge is -2.37. The molecule has 0 spiro atoms. The lowest BCUT2D eigenvalue weighted by atomic mass is 9.69. The van der Waals surface area contributed by atoms with Crippen LogP contribution in [0, 0.1) is 6.92 Å². The van der Waals surface area contributed by atoms with Gasteiger partial charge in [-0.1, -0.05) is 0 Å². The first kappa shape index (κ1) is 18.4. The number of aromatic nitrogens is 2. The quantitative estimate of drug-likeness (QED) is 0.722. The van der Waals surface area contributed by atoms with Gasteiger partial charge < -0.3 is 15.8 Å². The van der Waals surface area contributed by atoms with Gasteiger partial charge in [-0.25, -0.2) is 18.5 Å². The summed E-state index contributed by atoms with van der Waals surface area (Å²) in [6, 6.07) is 5.03. The van der Waals surface area contributed by atoms with Crippen LogP contribution in [0.25, 0.3) is 0 Å². The molecule has 1 saturated carbocycles. The molecule has 0 aliphatic heterocycles. The van der Waals surface area contributed by atoms with E-state index in [0.717, 1.165) is 29.7 Å². The Morgan fingerprint density at radius 1 is 1.23 bits per heavy atom. The number of benzene rings is 1. The summed E-state index contributed by atoms with van der Waals surface area (Å²) in [5.74, 6) is 1.80. The van der Waals surface area contributed by atoms with Gasteiger partial charge in [-0.2, -0.15) is 4.98 Å². The molecule has 1 aromatic heterocycles. The predicted octanol–water partition coefficient (Wildman–Crippen LogP) is 1.73. The second kappa shape index (κ2) is 6.73. The third-order valence-corrected chi connectivity index (χ3v) is 5.90. The van der Waals surface area contributed by atoms with Gasteiger partial charge in [0.1, 0.15) is 11.6 Å². The Morgan fingerprint density at radius 3 is 2.50 bits per heavy atom. The number of ether oxygens (including phenoxy) is 1. The predicted molar refractivity (Wildman–Crippen MR) is 99.8 cm³/mol. The summed E-state index contributed by atoms with van der Waals surface area (Å²) in [7, 11) is -0.477. The molecule has 1 aliphatic rings. The SMILES string of the molecule is CNc1cc(C2CC(c3c(S(N)(=O)=O)ccc(OC)c3C)C2)nc(N)n1. The molecule has 9 heteroatoms. The number of hydrogen-bond donors (Lipinski definition) is 3. The molecular weight excluding hydrogens is 354 g/mol. The Labute approximate surface area is 153 Å². The van der Waals surface area contributed by atoms with Crippen LogP contribution in [0.5, 0.6) is 5.75 Å². The van der Waals surface area contributed by atoms with E-state index in [2.05, 4.69) is 15.3 Å². The molecule has 8 nitrogen and oxygen atoms in total. The van der Waals surface area contributed by atoms with Crippen LogP contribution in [0.15, 0.2) is 23.1 Å². The summed E-state index contributed by atoms with van der Waals surface area (Å²) < 4.78 is 29.4. The smallest absolute Gasteiger partial charge is 0.238 e. The first-order valence-corrected chi connectivity index (χ1v) is 9.81. The highest BCUT2D eigenvalue weighted by atomic mass is 32.2. The maximum Gasteiger partial charge on any atom is 0.238 e. The molecule has 140 valence electrons. The third-order valence-electron chi connectivity index (χ3n) is 4.94. The van der Waals surface area contributed by atoms with Crippen LogP contribution in [-0.2, 0) is 10.0 Å². The number of sulfonamides is 1. The van der Waals surface area contributed by atoms with E-state index in [0.29, 0.717) is 11.6 Å². The molecule has 0 bridgehead atoms. The number of nitrogen functional groups attached to an aromatic ring is 1. The van der Waals surface area contributed by atoms with Gasteiger partial charge >= 0.3 is 0 Å². The summed E-state index contributed by atoms with van der Waals surface area (Å²) >= 11 is 0. The van der Waals surface area contributed by atoms with E-state index in [1.807, 2.05) is 13.0 Å². The highest BCUT2D eigenvalue weighted by molar-refractivity contribution is 7.89. The average Bonchev–Trinajstić information content (AvgIpc) is 2.53. The Hall–Kier alpha value is -2.39. The molecule has 0 saturated heterocycles. The van der Waals surface area contributed by atoms with E-state index in [1.54, 1.807) is 20.2 Å². The van der Waals surface area contributed by atoms with E-state index in [1.165, 1.54) is 6.07 Å². The van der Waals surface area contributed by atoms with Gasteiger partial charge in [0.15, 0.2) is 0 Å². The Morgan fingerprint density at radius 2 is 1.92 bits per heavy atom. The maximum atomic E-state index is 12.0. The van der Waals surface area contributed by atoms with Crippen molar-refractivity contribution in [2.45, 2.75) is 36.5 Å². The molecule has 0 unspecified atom stereocenters. The summed E-state index contributed by atoms with van der Waals surface area (Å²) in [5.41, 5.74) is 8.16. The van der Waals surface area contributed by atoms with Crippen molar-refractivity contribution in [3.8, 4) is 5.75 Å². The van der Waals surface area contributed by atoms with Crippen molar-refractivity contribution >= 4 is 21.8 Å². The van der Waals surface area contributed by atoms with Crippen molar-refractivity contribution in [3.05, 3.63) is 35.0 Å². The zero-order valence-electron chi connectivity index (χ0n) is 15.0. The normalized spacial score (nSPS) is 19.7. The molecule has 1 heterocycles. The molecule has 1 aromatic carbocycles. The molecule has 0 radical (unpaired) electrons. The van der Waals surface area contributed by atoms with Gasteiger partial charge in [-0.05, 0) is 48.9 Å². The van der Waals surface area contributed by atoms with Crippen LogP contribution in [-0.4, -0.2) is 32.5 Å². The number of methoxy groups -OCH3 is 1. The lowest BCUT2D eigenvalue weighted by Crippen LogP contribution is -2.26. The fourth-order valence-corrected chi connectivity index (χ4v) is 4.46. The van der Waals surface area contributed by atoms with Gasteiger partial charge in [-0.15, -0.1) is 0 Å². The largest absolute Gasteiger partial charge is 0.496 e. The fraction of sp³-hybridized carbons (Fsp3) is 0.412. The summed E-state index contributed by atoms with van der Waals surface area (Å²) in [6.45, 7) is 1.86. The lowest BCUT2D eigenvalue weighted by molar-refractivity contribution is 0.337. The van der Waals surface area contributed by atoms with Crippen LogP contribution < -0.4 is 20.9 Å². The van der Waals surface area contributed by atoms with E-state index in [-0.39, 0.29) is 22.7 Å². The van der Waals surface area contributed by atoms with Crippen LogP contribution in [0.4, 0.5) is 11.8 Å². The van der Waals surface area contributed by atoms with Crippen molar-refractivity contribution in [2.24, 2.45) is 5.14 Å². The maximum absolute atomic E-state index is 12.0. The molecule has 3 rings (SSSR count). The van der Waals surface area contributed by atoms with Gasteiger partial charge in [0.25, 0.3) is 0 Å². The third kappa shape index (κ3) is 3.32. The molecular formula is C17H23N5O3S. The van der Waals surface area contributed by atoms with Crippen molar-refractivity contribution in [3.63, 3.8) is 0 Å². The number of anilines is 2. The summed E-state index contributed by atoms with van der Waals surface area (Å²) in [4.78, 5) is 8.58. The van der Waals surface area contributed by atoms with Gasteiger partial charge in [0.2, 0.25) is 16.0 Å². The number of rotatable bonds is 5. The Bertz CT molecular complexity index is 940. The van der Waals surface area contributed by atoms with Crippen molar-refractivity contribution < 1.29 is 13.2 Å². The fourth-order valence-electron chi connectivity index (χ4n) is 3.58. The second-order valence-corrected chi connectivity index (χ2v) is 8.03. The second-order valence-electron chi connectivity index (χ2n) is 6.50. The molecule has 1 fully saturated rings. The molecule has 1 aliphatic carbocycles. The standard InChI is InChI=1S/C17H23N5O3S/c1-9-13(25-3)4-5-14(26(19,23)24)16(9)11-6-10(7-11)12-8-15(20-2)22-17(18)21-12/h4-5,8,10-11H,6-7H2,1-3H3,(H2,19,23,24)(H3,18,20,21,22). The van der Waals surface area contributed by atoms with E-state index in [9.17, 15) is 8.42 Å². The van der Waals surface area contributed by atoms with Crippen molar-refractivity contribution in [1.29, 1.82) is 0 Å². The minimum absolute atomic E-state index is 0.0673. The highest BCUT2D eigenvalue weighted by Crippen LogP contribution is 2.50. The average molecular weight is 377 g/mol. The number of primary sulfonamides is 1. The molecule has 0 atom stereocenters. The zero-order chi connectivity index (χ0) is 19.1. The van der Waals surface area contributed by atoms with Crippen molar-refractivity contribution in [1.82, 2.24) is 9.97 Å². The highest BCUT2D eigenvalue weighted by Gasteiger charge is 2.37. The number of nitrogens with zero attached hydrogens (tertiary/aromatic N) is 2. The molecule has 0 amide bonds. The Kier molecular flexibility index (Phi) is 4.76. The van der Waals surface area contributed by atoms with Gasteiger partial charge in [-0.3, -0.25) is 0 Å². The molecule has 2 aromatic rings. The van der Waals surface area contributed by atoms with Crippen LogP contribution in [0.2, 0.25) is 0 Å². The number of nitrogens with one attached hydrogen (secondary N) is 1. The van der Waals surface area contributed by atoms with E-state index >= 15 is 0 Å². The van der Waals surface area contributed by atoms with Crippen LogP contribution in [0.3, 0.4) is 0 Å². The molecule has 26 heavy (non-hydrogen) atoms. The first-order chi connectivity index (χ1) is 12.2. The molecule has 5 N–H and O–H groups in total. The number of hydrogen-bond acceptors (Lipinski definition) is 7. The monoisotopic (exact) mass is 377 g/mol. The minimum Gasteiger partial charge on any atom is -0.496 e. The minimum atomic E-state index is -3.81. The topological polar surface area (TPSA) is 133 Å². The van der Waals surface area contributed by atoms with E-state index < -0.39 is 10.0 Å². The number of nitrogens with two attached hydrogens (primary N) is 2. The zero-order valence-corrected chi connectivity index (χ0v) is 15.8. The van der Waals surface area contributed by atoms with Crippen LogP contribution in [0.1, 0.15) is 41.5 Å². The van der Waals surface area contributed by atoms with E-state index in [4.69, 9.17) is 15.6 Å². The van der Waals surface area contributed by atoms with Crippen LogP contribution >= 0.6 is 0 Å². The summed E-state index contributed by atoms with van der Waals surface area (Å²) in [6.07, 6.45) is 1.52. The first-order valence-electron chi connectivity index (χ1n) is 8.27. The van der Waals surface area contributed by atoms with Crippen molar-refractivity contribution in [2.75, 3.05) is 25.2 Å². The van der Waals surface area contributed by atoms with Gasteiger partial charge in [0.05, 0.1) is 17.7 Å². The Balaban J connectivity index is 1.92. The van der Waals surface area contributed by atoms with Gasteiger partial charge in [0, 0.05) is 19.0 Å².